The Hall–Kier alpha value is -2.10. The van der Waals surface area contributed by atoms with Crippen LogP contribution in [0.15, 0.2) is 53.4 Å². The highest BCUT2D eigenvalue weighted by Gasteiger charge is 2.37. The first-order valence-corrected chi connectivity index (χ1v) is 9.51. The molecule has 0 aliphatic rings. The molecule has 0 heterocycles. The van der Waals surface area contributed by atoms with Gasteiger partial charge in [-0.2, -0.15) is 13.2 Å². The molecule has 27 heavy (non-hydrogen) atoms. The first-order chi connectivity index (χ1) is 12.6. The maximum atomic E-state index is 13.1. The lowest BCUT2D eigenvalue weighted by atomic mass is 10.1. The summed E-state index contributed by atoms with van der Waals surface area (Å²) in [5, 5.41) is 0. The molecule has 0 radical (unpaired) electrons. The number of sulfonamides is 1. The lowest BCUT2D eigenvalue weighted by molar-refractivity contribution is -0.139. The third-order valence-electron chi connectivity index (χ3n) is 4.07. The second-order valence-electron chi connectivity index (χ2n) is 6.10. The number of nitrogens with zero attached hydrogens (tertiary/aromatic N) is 1. The van der Waals surface area contributed by atoms with E-state index in [1.165, 1.54) is 13.2 Å². The zero-order chi connectivity index (χ0) is 20.2. The van der Waals surface area contributed by atoms with Gasteiger partial charge in [0.05, 0.1) is 17.6 Å². The zero-order valence-corrected chi connectivity index (χ0v) is 15.9. The van der Waals surface area contributed by atoms with E-state index in [2.05, 4.69) is 4.72 Å². The number of likely N-dealkylation sites (N-methyl/N-ethyl adjacent to an activating group) is 1. The van der Waals surface area contributed by atoms with E-state index in [1.807, 2.05) is 0 Å². The molecule has 1 N–H and O–H groups in total. The lowest BCUT2D eigenvalue weighted by Crippen LogP contribution is -2.35. The Bertz CT molecular complexity index is 866. The van der Waals surface area contributed by atoms with Crippen molar-refractivity contribution in [2.45, 2.75) is 17.1 Å². The first kappa shape index (κ1) is 21.2. The van der Waals surface area contributed by atoms with E-state index in [4.69, 9.17) is 4.74 Å². The predicted molar refractivity (Wildman–Crippen MR) is 96.1 cm³/mol. The van der Waals surface area contributed by atoms with Gasteiger partial charge in [0.15, 0.2) is 0 Å². The van der Waals surface area contributed by atoms with Crippen molar-refractivity contribution < 1.29 is 26.3 Å². The number of hydrogen-bond acceptors (Lipinski definition) is 4. The minimum atomic E-state index is -4.76. The van der Waals surface area contributed by atoms with E-state index in [-0.39, 0.29) is 12.6 Å². The van der Waals surface area contributed by atoms with Crippen LogP contribution in [-0.2, 0) is 16.2 Å². The molecule has 0 aliphatic heterocycles. The monoisotopic (exact) mass is 402 g/mol. The molecule has 0 saturated heterocycles. The average molecular weight is 402 g/mol. The Kier molecular flexibility index (Phi) is 6.50. The lowest BCUT2D eigenvalue weighted by Gasteiger charge is -2.25. The van der Waals surface area contributed by atoms with Crippen molar-refractivity contribution in [1.82, 2.24) is 9.62 Å². The van der Waals surface area contributed by atoms with Crippen molar-refractivity contribution in [1.29, 1.82) is 0 Å². The number of ether oxygens (including phenoxy) is 1. The number of nitrogens with one attached hydrogen (secondary N) is 1. The van der Waals surface area contributed by atoms with Gasteiger partial charge in [-0.05, 0) is 43.9 Å². The van der Waals surface area contributed by atoms with Crippen LogP contribution in [0.4, 0.5) is 13.2 Å². The fraction of sp³-hybridized carbons (Fsp3) is 0.333. The summed E-state index contributed by atoms with van der Waals surface area (Å²) in [6, 6.07) is 10.8. The molecule has 0 amide bonds. The number of benzene rings is 2. The molecule has 0 saturated carbocycles. The number of hydrogen-bond donors (Lipinski definition) is 1. The van der Waals surface area contributed by atoms with Gasteiger partial charge >= 0.3 is 6.18 Å². The number of rotatable bonds is 7. The van der Waals surface area contributed by atoms with Crippen molar-refractivity contribution in [2.24, 2.45) is 0 Å². The molecular formula is C18H21F3N2O3S. The molecule has 1 unspecified atom stereocenters. The van der Waals surface area contributed by atoms with Gasteiger partial charge in [-0.25, -0.2) is 13.1 Å². The molecular weight excluding hydrogens is 381 g/mol. The van der Waals surface area contributed by atoms with Crippen LogP contribution >= 0.6 is 0 Å². The molecule has 0 spiro atoms. The quantitative estimate of drug-likeness (QED) is 0.772. The zero-order valence-electron chi connectivity index (χ0n) is 15.1. The van der Waals surface area contributed by atoms with Crippen LogP contribution in [0.2, 0.25) is 0 Å². The standard InChI is InChI=1S/C18H21F3N2O3S/c1-23(2)16(13-8-10-14(26-3)11-9-13)12-22-27(24,25)17-7-5-4-6-15(17)18(19,20)21/h4-11,16,22H,12H2,1-3H3. The molecule has 9 heteroatoms. The van der Waals surface area contributed by atoms with E-state index in [1.54, 1.807) is 43.3 Å². The van der Waals surface area contributed by atoms with Crippen molar-refractivity contribution in [3.63, 3.8) is 0 Å². The second kappa shape index (κ2) is 8.28. The maximum Gasteiger partial charge on any atom is 0.417 e. The smallest absolute Gasteiger partial charge is 0.417 e. The second-order valence-corrected chi connectivity index (χ2v) is 7.83. The van der Waals surface area contributed by atoms with Crippen LogP contribution in [0, 0.1) is 0 Å². The Labute approximate surface area is 156 Å². The molecule has 5 nitrogen and oxygen atoms in total. The minimum absolute atomic E-state index is 0.0894. The van der Waals surface area contributed by atoms with Crippen molar-refractivity contribution >= 4 is 10.0 Å². The summed E-state index contributed by atoms with van der Waals surface area (Å²) >= 11 is 0. The van der Waals surface area contributed by atoms with Gasteiger partial charge in [-0.1, -0.05) is 24.3 Å². The Morgan fingerprint density at radius 1 is 1.07 bits per heavy atom. The fourth-order valence-electron chi connectivity index (χ4n) is 2.63. The van der Waals surface area contributed by atoms with Gasteiger partial charge in [-0.15, -0.1) is 0 Å². The number of methoxy groups -OCH3 is 1. The van der Waals surface area contributed by atoms with E-state index in [0.717, 1.165) is 23.8 Å². The van der Waals surface area contributed by atoms with E-state index in [0.29, 0.717) is 5.75 Å². The van der Waals surface area contributed by atoms with E-state index < -0.39 is 26.7 Å². The van der Waals surface area contributed by atoms with Gasteiger partial charge in [0.2, 0.25) is 10.0 Å². The summed E-state index contributed by atoms with van der Waals surface area (Å²) in [6.45, 7) is -0.0894. The van der Waals surface area contributed by atoms with Gasteiger partial charge in [-0.3, -0.25) is 0 Å². The van der Waals surface area contributed by atoms with Crippen molar-refractivity contribution in [3.8, 4) is 5.75 Å². The number of alkyl halides is 3. The highest BCUT2D eigenvalue weighted by Crippen LogP contribution is 2.34. The van der Waals surface area contributed by atoms with E-state index >= 15 is 0 Å². The van der Waals surface area contributed by atoms with Crippen LogP contribution < -0.4 is 9.46 Å². The number of halogens is 3. The third-order valence-corrected chi connectivity index (χ3v) is 5.55. The predicted octanol–water partition coefficient (Wildman–Crippen LogP) is 3.30. The van der Waals surface area contributed by atoms with Crippen molar-refractivity contribution in [3.05, 3.63) is 59.7 Å². The summed E-state index contributed by atoms with van der Waals surface area (Å²) < 4.78 is 71.8. The van der Waals surface area contributed by atoms with Gasteiger partial charge in [0.25, 0.3) is 0 Å². The highest BCUT2D eigenvalue weighted by atomic mass is 32.2. The molecule has 2 aromatic carbocycles. The Morgan fingerprint density at radius 2 is 1.67 bits per heavy atom. The average Bonchev–Trinajstić information content (AvgIpc) is 2.61. The van der Waals surface area contributed by atoms with Crippen LogP contribution in [0.25, 0.3) is 0 Å². The van der Waals surface area contributed by atoms with Crippen LogP contribution in [0.1, 0.15) is 17.2 Å². The molecule has 148 valence electrons. The van der Waals surface area contributed by atoms with Gasteiger partial charge < -0.3 is 9.64 Å². The molecule has 2 rings (SSSR count). The third kappa shape index (κ3) is 5.21. The molecule has 0 aliphatic carbocycles. The van der Waals surface area contributed by atoms with Gasteiger partial charge in [0.1, 0.15) is 5.75 Å². The van der Waals surface area contributed by atoms with E-state index in [9.17, 15) is 21.6 Å². The van der Waals surface area contributed by atoms with Crippen LogP contribution in [-0.4, -0.2) is 41.1 Å². The largest absolute Gasteiger partial charge is 0.497 e. The molecule has 2 aromatic rings. The maximum absolute atomic E-state index is 13.1. The highest BCUT2D eigenvalue weighted by molar-refractivity contribution is 7.89. The van der Waals surface area contributed by atoms with Crippen LogP contribution in [0.5, 0.6) is 5.75 Å². The summed E-state index contributed by atoms with van der Waals surface area (Å²) in [6.07, 6.45) is -4.76. The van der Waals surface area contributed by atoms with Crippen LogP contribution in [0.3, 0.4) is 0 Å². The Morgan fingerprint density at radius 3 is 2.19 bits per heavy atom. The normalized spacial score (nSPS) is 13.6. The molecule has 0 aromatic heterocycles. The topological polar surface area (TPSA) is 58.6 Å². The molecule has 0 bridgehead atoms. The summed E-state index contributed by atoms with van der Waals surface area (Å²) in [5.41, 5.74) is -0.393. The summed E-state index contributed by atoms with van der Waals surface area (Å²) in [4.78, 5) is 0.990. The fourth-order valence-corrected chi connectivity index (χ4v) is 3.89. The SMILES string of the molecule is COc1ccc(C(CNS(=O)(=O)c2ccccc2C(F)(F)F)N(C)C)cc1. The first-order valence-electron chi connectivity index (χ1n) is 8.02. The molecule has 1 atom stereocenters. The van der Waals surface area contributed by atoms with Crippen molar-refractivity contribution in [2.75, 3.05) is 27.7 Å². The summed E-state index contributed by atoms with van der Waals surface area (Å²) in [7, 11) is 0.701. The molecule has 0 fully saturated rings. The Balaban J connectivity index is 2.26. The van der Waals surface area contributed by atoms with Gasteiger partial charge in [0, 0.05) is 12.6 Å². The minimum Gasteiger partial charge on any atom is -0.497 e. The summed E-state index contributed by atoms with van der Waals surface area (Å²) in [5.74, 6) is 0.649.